The molecule has 5 nitrogen and oxygen atoms in total. The van der Waals surface area contributed by atoms with Crippen LogP contribution >= 0.6 is 27.7 Å². The van der Waals surface area contributed by atoms with Crippen molar-refractivity contribution in [2.24, 2.45) is 0 Å². The van der Waals surface area contributed by atoms with Crippen molar-refractivity contribution < 1.29 is 9.21 Å². The molecular formula is C16H14BrN3O2S. The van der Waals surface area contributed by atoms with E-state index in [4.69, 9.17) is 4.42 Å². The van der Waals surface area contributed by atoms with E-state index in [1.54, 1.807) is 6.26 Å². The average Bonchev–Trinajstić information content (AvgIpc) is 3.22. The number of nitrogens with zero attached hydrogens (tertiary/aromatic N) is 3. The van der Waals surface area contributed by atoms with Gasteiger partial charge in [0.1, 0.15) is 0 Å². The summed E-state index contributed by atoms with van der Waals surface area (Å²) in [4.78, 5) is 12.3. The van der Waals surface area contributed by atoms with E-state index in [2.05, 4.69) is 26.1 Å². The Morgan fingerprint density at radius 3 is 2.70 bits per heavy atom. The Hall–Kier alpha value is -1.86. The zero-order valence-electron chi connectivity index (χ0n) is 12.4. The van der Waals surface area contributed by atoms with Gasteiger partial charge in [0.15, 0.2) is 22.5 Å². The van der Waals surface area contributed by atoms with Crippen LogP contribution in [0.3, 0.4) is 0 Å². The van der Waals surface area contributed by atoms with E-state index in [1.165, 1.54) is 11.8 Å². The van der Waals surface area contributed by atoms with Crippen molar-refractivity contribution in [2.75, 3.05) is 5.75 Å². The largest absolute Gasteiger partial charge is 0.461 e. The minimum absolute atomic E-state index is 0.0627. The van der Waals surface area contributed by atoms with Crippen molar-refractivity contribution in [3.05, 3.63) is 52.7 Å². The van der Waals surface area contributed by atoms with Crippen molar-refractivity contribution in [1.29, 1.82) is 0 Å². The summed E-state index contributed by atoms with van der Waals surface area (Å²) < 4.78 is 8.27. The Morgan fingerprint density at radius 1 is 1.26 bits per heavy atom. The first kappa shape index (κ1) is 16.0. The first-order valence-corrected chi connectivity index (χ1v) is 8.85. The van der Waals surface area contributed by atoms with E-state index in [0.29, 0.717) is 34.6 Å². The van der Waals surface area contributed by atoms with Gasteiger partial charge in [-0.05, 0) is 31.2 Å². The Labute approximate surface area is 146 Å². The first-order chi connectivity index (χ1) is 11.2. The number of benzene rings is 1. The van der Waals surface area contributed by atoms with E-state index >= 15 is 0 Å². The second-order valence-electron chi connectivity index (χ2n) is 4.75. The van der Waals surface area contributed by atoms with Crippen molar-refractivity contribution in [2.45, 2.75) is 18.6 Å². The fourth-order valence-electron chi connectivity index (χ4n) is 2.12. The number of halogens is 1. The highest BCUT2D eigenvalue weighted by Crippen LogP contribution is 2.25. The van der Waals surface area contributed by atoms with Gasteiger partial charge in [0.25, 0.3) is 0 Å². The summed E-state index contributed by atoms with van der Waals surface area (Å²) in [5, 5.41) is 9.06. The third-order valence-electron chi connectivity index (χ3n) is 3.27. The molecule has 3 rings (SSSR count). The summed E-state index contributed by atoms with van der Waals surface area (Å²) in [7, 11) is 0. The number of ketones is 1. The Bertz CT molecular complexity index is 797. The minimum Gasteiger partial charge on any atom is -0.461 e. The highest BCUT2D eigenvalue weighted by molar-refractivity contribution is 9.10. The third-order valence-corrected chi connectivity index (χ3v) is 4.77. The van der Waals surface area contributed by atoms with Crippen molar-refractivity contribution >= 4 is 33.5 Å². The predicted molar refractivity (Wildman–Crippen MR) is 92.6 cm³/mol. The van der Waals surface area contributed by atoms with Gasteiger partial charge < -0.3 is 4.42 Å². The van der Waals surface area contributed by atoms with Gasteiger partial charge >= 0.3 is 0 Å². The van der Waals surface area contributed by atoms with Gasteiger partial charge in [-0.1, -0.05) is 39.8 Å². The molecule has 0 aliphatic rings. The van der Waals surface area contributed by atoms with Gasteiger partial charge in [-0.3, -0.25) is 9.36 Å². The van der Waals surface area contributed by atoms with Crippen LogP contribution < -0.4 is 0 Å². The van der Waals surface area contributed by atoms with E-state index in [0.717, 1.165) is 4.47 Å². The lowest BCUT2D eigenvalue weighted by atomic mass is 10.2. The average molecular weight is 392 g/mol. The zero-order valence-corrected chi connectivity index (χ0v) is 14.8. The molecule has 0 radical (unpaired) electrons. The third kappa shape index (κ3) is 3.56. The number of thioether (sulfide) groups is 1. The normalized spacial score (nSPS) is 10.9. The zero-order chi connectivity index (χ0) is 16.2. The van der Waals surface area contributed by atoms with Gasteiger partial charge in [0.2, 0.25) is 0 Å². The van der Waals surface area contributed by atoms with E-state index in [-0.39, 0.29) is 5.78 Å². The molecule has 3 aromatic rings. The monoisotopic (exact) mass is 391 g/mol. The summed E-state index contributed by atoms with van der Waals surface area (Å²) >= 11 is 4.75. The number of furan rings is 1. The predicted octanol–water partition coefficient (Wildman–Crippen LogP) is 4.30. The number of aromatic nitrogens is 3. The molecule has 0 aliphatic heterocycles. The molecule has 0 bridgehead atoms. The lowest BCUT2D eigenvalue weighted by Crippen LogP contribution is -2.05. The molecule has 0 spiro atoms. The lowest BCUT2D eigenvalue weighted by molar-refractivity contribution is 0.102. The Balaban J connectivity index is 1.73. The molecule has 0 N–H and O–H groups in total. The topological polar surface area (TPSA) is 60.9 Å². The van der Waals surface area contributed by atoms with Crippen molar-refractivity contribution in [1.82, 2.24) is 14.8 Å². The fraction of sp³-hybridized carbons (Fsp3) is 0.188. The molecule has 2 heterocycles. The molecule has 0 amide bonds. The SMILES string of the molecule is CCn1c(SCC(=O)c2ccc(Br)cc2)nnc1-c1ccco1. The Kier molecular flexibility index (Phi) is 4.97. The minimum atomic E-state index is 0.0627. The molecule has 23 heavy (non-hydrogen) atoms. The highest BCUT2D eigenvalue weighted by Gasteiger charge is 2.16. The van der Waals surface area contributed by atoms with Gasteiger partial charge in [0, 0.05) is 16.6 Å². The van der Waals surface area contributed by atoms with Crippen LogP contribution in [0, 0.1) is 0 Å². The van der Waals surface area contributed by atoms with Gasteiger partial charge in [0.05, 0.1) is 12.0 Å². The lowest BCUT2D eigenvalue weighted by Gasteiger charge is -2.05. The number of carbonyl (C=O) groups excluding carboxylic acids is 1. The van der Waals surface area contributed by atoms with Crippen LogP contribution in [0.4, 0.5) is 0 Å². The number of rotatable bonds is 6. The second-order valence-corrected chi connectivity index (χ2v) is 6.60. The maximum Gasteiger partial charge on any atom is 0.200 e. The van der Waals surface area contributed by atoms with Crippen LogP contribution in [0.2, 0.25) is 0 Å². The highest BCUT2D eigenvalue weighted by atomic mass is 79.9. The van der Waals surface area contributed by atoms with Crippen LogP contribution in [0.25, 0.3) is 11.6 Å². The fourth-order valence-corrected chi connectivity index (χ4v) is 3.28. The van der Waals surface area contributed by atoms with Crippen LogP contribution in [0.1, 0.15) is 17.3 Å². The van der Waals surface area contributed by atoms with E-state index < -0.39 is 0 Å². The van der Waals surface area contributed by atoms with E-state index in [1.807, 2.05) is 47.9 Å². The summed E-state index contributed by atoms with van der Waals surface area (Å²) in [6.45, 7) is 2.72. The maximum atomic E-state index is 12.3. The molecule has 0 saturated carbocycles. The van der Waals surface area contributed by atoms with Gasteiger partial charge in [-0.15, -0.1) is 10.2 Å². The molecule has 7 heteroatoms. The first-order valence-electron chi connectivity index (χ1n) is 7.07. The maximum absolute atomic E-state index is 12.3. The quantitative estimate of drug-likeness (QED) is 0.463. The molecule has 1 aromatic carbocycles. The molecule has 118 valence electrons. The number of hydrogen-bond donors (Lipinski definition) is 0. The second kappa shape index (κ2) is 7.14. The standard InChI is InChI=1S/C16H14BrN3O2S/c1-2-20-15(14-4-3-9-22-14)18-19-16(20)23-10-13(21)11-5-7-12(17)8-6-11/h3-9H,2,10H2,1H3. The molecule has 0 atom stereocenters. The summed E-state index contributed by atoms with van der Waals surface area (Å²) in [5.41, 5.74) is 0.689. The number of Topliss-reactive ketones (excluding diaryl/α,β-unsaturated/α-hetero) is 1. The van der Waals surface area contributed by atoms with Crippen LogP contribution in [0.5, 0.6) is 0 Å². The number of carbonyl (C=O) groups is 1. The van der Waals surface area contributed by atoms with Gasteiger partial charge in [-0.25, -0.2) is 0 Å². The summed E-state index contributed by atoms with van der Waals surface area (Å²) in [5.74, 6) is 1.73. The molecule has 0 aliphatic carbocycles. The van der Waals surface area contributed by atoms with Crippen LogP contribution in [-0.4, -0.2) is 26.3 Å². The van der Waals surface area contributed by atoms with Gasteiger partial charge in [-0.2, -0.15) is 0 Å². The summed E-state index contributed by atoms with van der Waals surface area (Å²) in [6.07, 6.45) is 1.61. The van der Waals surface area contributed by atoms with Crippen LogP contribution in [-0.2, 0) is 6.54 Å². The van der Waals surface area contributed by atoms with Crippen molar-refractivity contribution in [3.8, 4) is 11.6 Å². The molecule has 0 fully saturated rings. The molecule has 0 unspecified atom stereocenters. The number of hydrogen-bond acceptors (Lipinski definition) is 5. The Morgan fingerprint density at radius 2 is 2.04 bits per heavy atom. The molecule has 2 aromatic heterocycles. The van der Waals surface area contributed by atoms with E-state index in [9.17, 15) is 4.79 Å². The molecule has 0 saturated heterocycles. The van der Waals surface area contributed by atoms with Crippen LogP contribution in [0.15, 0.2) is 56.7 Å². The summed E-state index contributed by atoms with van der Waals surface area (Å²) in [6, 6.07) is 11.0. The van der Waals surface area contributed by atoms with Crippen molar-refractivity contribution in [3.63, 3.8) is 0 Å². The smallest absolute Gasteiger partial charge is 0.200 e. The molecular weight excluding hydrogens is 378 g/mol.